The van der Waals surface area contributed by atoms with Crippen LogP contribution in [0.1, 0.15) is 0 Å². The molecule has 0 fully saturated rings. The Bertz CT molecular complexity index is 1840. The predicted octanol–water partition coefficient (Wildman–Crippen LogP) is 9.71. The first kappa shape index (κ1) is 19.8. The first-order chi connectivity index (χ1) is 17.3. The molecule has 7 rings (SSSR count). The molecule has 7 aromatic carbocycles. The molecule has 164 valence electrons. The van der Waals surface area contributed by atoms with Gasteiger partial charge >= 0.3 is 0 Å². The Labute approximate surface area is 204 Å². The largest absolute Gasteiger partial charge is 0.355 e. The second kappa shape index (κ2) is 8.00. The summed E-state index contributed by atoms with van der Waals surface area (Å²) in [6.45, 7) is 0. The summed E-state index contributed by atoms with van der Waals surface area (Å²) in [4.78, 5) is 0. The van der Waals surface area contributed by atoms with Crippen LogP contribution in [-0.4, -0.2) is 0 Å². The van der Waals surface area contributed by atoms with Crippen molar-refractivity contribution in [3.05, 3.63) is 133 Å². The minimum Gasteiger partial charge on any atom is -0.355 e. The van der Waals surface area contributed by atoms with Gasteiger partial charge < -0.3 is 5.32 Å². The monoisotopic (exact) mass is 445 g/mol. The van der Waals surface area contributed by atoms with Crippen molar-refractivity contribution in [1.29, 1.82) is 0 Å². The van der Waals surface area contributed by atoms with Gasteiger partial charge in [-0.2, -0.15) is 0 Å². The van der Waals surface area contributed by atoms with E-state index in [2.05, 4.69) is 139 Å². The van der Waals surface area contributed by atoms with E-state index in [4.69, 9.17) is 0 Å². The van der Waals surface area contributed by atoms with Crippen LogP contribution < -0.4 is 5.32 Å². The molecule has 0 saturated carbocycles. The van der Waals surface area contributed by atoms with Crippen molar-refractivity contribution >= 4 is 54.5 Å². The molecule has 0 radical (unpaired) electrons. The molecular weight excluding hydrogens is 422 g/mol. The zero-order valence-electron chi connectivity index (χ0n) is 19.2. The van der Waals surface area contributed by atoms with Gasteiger partial charge in [0, 0.05) is 11.4 Å². The Morgan fingerprint density at radius 2 is 0.886 bits per heavy atom. The molecule has 0 aromatic heterocycles. The maximum absolute atomic E-state index is 3.67. The molecule has 0 heterocycles. The van der Waals surface area contributed by atoms with Crippen LogP contribution in [0.5, 0.6) is 0 Å². The van der Waals surface area contributed by atoms with E-state index >= 15 is 0 Å². The smallest absolute Gasteiger partial charge is 0.0390 e. The highest BCUT2D eigenvalue weighted by atomic mass is 14.9. The average Bonchev–Trinajstić information content (AvgIpc) is 2.93. The molecule has 0 aliphatic rings. The molecule has 0 aliphatic heterocycles. The summed E-state index contributed by atoms with van der Waals surface area (Å²) in [5.74, 6) is 0. The second-order valence-electron chi connectivity index (χ2n) is 9.08. The Morgan fingerprint density at radius 3 is 1.63 bits per heavy atom. The van der Waals surface area contributed by atoms with Crippen LogP contribution in [0.4, 0.5) is 11.4 Å². The number of fused-ring (bicyclic) bond motifs is 7. The predicted molar refractivity (Wildman–Crippen MR) is 152 cm³/mol. The summed E-state index contributed by atoms with van der Waals surface area (Å²) in [7, 11) is 0. The fraction of sp³-hybridized carbons (Fsp3) is 0. The van der Waals surface area contributed by atoms with E-state index in [1.807, 2.05) is 0 Å². The minimum atomic E-state index is 1.08. The van der Waals surface area contributed by atoms with Crippen LogP contribution >= 0.6 is 0 Å². The molecule has 0 saturated heterocycles. The Hall–Kier alpha value is -4.62. The van der Waals surface area contributed by atoms with Crippen LogP contribution in [-0.2, 0) is 0 Å². The lowest BCUT2D eigenvalue weighted by Crippen LogP contribution is -1.92. The molecule has 0 bridgehead atoms. The van der Waals surface area contributed by atoms with Crippen molar-refractivity contribution in [3.63, 3.8) is 0 Å². The molecule has 0 atom stereocenters. The van der Waals surface area contributed by atoms with Crippen LogP contribution in [0.15, 0.2) is 133 Å². The van der Waals surface area contributed by atoms with E-state index in [0.717, 1.165) is 11.4 Å². The van der Waals surface area contributed by atoms with E-state index in [0.29, 0.717) is 0 Å². The Kier molecular flexibility index (Phi) is 4.53. The lowest BCUT2D eigenvalue weighted by atomic mass is 9.94. The number of rotatable bonds is 3. The third-order valence-electron chi connectivity index (χ3n) is 7.00. The quantitative estimate of drug-likeness (QED) is 0.267. The first-order valence-corrected chi connectivity index (χ1v) is 12.0. The molecular formula is C34H23N. The highest BCUT2D eigenvalue weighted by molar-refractivity contribution is 6.25. The summed E-state index contributed by atoms with van der Waals surface area (Å²) >= 11 is 0. The number of benzene rings is 7. The van der Waals surface area contributed by atoms with Crippen molar-refractivity contribution in [3.8, 4) is 11.1 Å². The Balaban J connectivity index is 1.34. The van der Waals surface area contributed by atoms with Gasteiger partial charge in [-0.1, -0.05) is 109 Å². The SMILES string of the molecule is c1cc(Nc2ccc3c4ccccc4c4ccccc4c3c2)cc(-c2cccc3ccccc23)c1. The molecule has 1 heteroatoms. The van der Waals surface area contributed by atoms with Crippen LogP contribution in [0.2, 0.25) is 0 Å². The number of hydrogen-bond donors (Lipinski definition) is 1. The maximum atomic E-state index is 3.67. The van der Waals surface area contributed by atoms with E-state index in [1.165, 1.54) is 54.2 Å². The molecule has 0 spiro atoms. The summed E-state index contributed by atoms with van der Waals surface area (Å²) in [6, 6.07) is 47.9. The van der Waals surface area contributed by atoms with Gasteiger partial charge in [0.05, 0.1) is 0 Å². The number of hydrogen-bond acceptors (Lipinski definition) is 1. The summed E-state index contributed by atoms with van der Waals surface area (Å²) in [6.07, 6.45) is 0. The zero-order chi connectivity index (χ0) is 23.2. The van der Waals surface area contributed by atoms with E-state index in [9.17, 15) is 0 Å². The van der Waals surface area contributed by atoms with Crippen LogP contribution in [0.3, 0.4) is 0 Å². The Morgan fingerprint density at radius 1 is 0.343 bits per heavy atom. The molecule has 0 amide bonds. The normalized spacial score (nSPS) is 11.4. The highest BCUT2D eigenvalue weighted by Gasteiger charge is 2.09. The van der Waals surface area contributed by atoms with E-state index in [1.54, 1.807) is 0 Å². The lowest BCUT2D eigenvalue weighted by Gasteiger charge is -2.14. The van der Waals surface area contributed by atoms with E-state index < -0.39 is 0 Å². The van der Waals surface area contributed by atoms with Gasteiger partial charge in [-0.25, -0.2) is 0 Å². The summed E-state index contributed by atoms with van der Waals surface area (Å²) in [5, 5.41) is 13.9. The number of anilines is 2. The first-order valence-electron chi connectivity index (χ1n) is 12.0. The maximum Gasteiger partial charge on any atom is 0.0390 e. The molecule has 35 heavy (non-hydrogen) atoms. The van der Waals surface area contributed by atoms with Gasteiger partial charge in [0.25, 0.3) is 0 Å². The molecule has 0 aliphatic carbocycles. The lowest BCUT2D eigenvalue weighted by molar-refractivity contribution is 1.56. The van der Waals surface area contributed by atoms with Gasteiger partial charge in [-0.3, -0.25) is 0 Å². The second-order valence-corrected chi connectivity index (χ2v) is 9.08. The van der Waals surface area contributed by atoms with Gasteiger partial charge in [0.15, 0.2) is 0 Å². The van der Waals surface area contributed by atoms with Crippen LogP contribution in [0, 0.1) is 0 Å². The van der Waals surface area contributed by atoms with Crippen molar-refractivity contribution < 1.29 is 0 Å². The molecule has 0 unspecified atom stereocenters. The molecule has 1 N–H and O–H groups in total. The van der Waals surface area contributed by atoms with Gasteiger partial charge in [0.2, 0.25) is 0 Å². The van der Waals surface area contributed by atoms with Gasteiger partial charge in [-0.15, -0.1) is 0 Å². The fourth-order valence-corrected chi connectivity index (χ4v) is 5.39. The third-order valence-corrected chi connectivity index (χ3v) is 7.00. The zero-order valence-corrected chi connectivity index (χ0v) is 19.2. The fourth-order valence-electron chi connectivity index (χ4n) is 5.39. The molecule has 1 nitrogen and oxygen atoms in total. The van der Waals surface area contributed by atoms with Crippen molar-refractivity contribution in [2.24, 2.45) is 0 Å². The van der Waals surface area contributed by atoms with Gasteiger partial charge in [0.1, 0.15) is 0 Å². The molecule has 7 aromatic rings. The van der Waals surface area contributed by atoms with Gasteiger partial charge in [-0.05, 0) is 78.5 Å². The van der Waals surface area contributed by atoms with Crippen LogP contribution in [0.25, 0.3) is 54.2 Å². The van der Waals surface area contributed by atoms with E-state index in [-0.39, 0.29) is 0 Å². The van der Waals surface area contributed by atoms with Crippen molar-refractivity contribution in [1.82, 2.24) is 0 Å². The summed E-state index contributed by atoms with van der Waals surface area (Å²) < 4.78 is 0. The number of nitrogens with one attached hydrogen (secondary N) is 1. The topological polar surface area (TPSA) is 12.0 Å². The van der Waals surface area contributed by atoms with Crippen molar-refractivity contribution in [2.75, 3.05) is 5.32 Å². The summed E-state index contributed by atoms with van der Waals surface area (Å²) in [5.41, 5.74) is 4.64. The average molecular weight is 446 g/mol. The highest BCUT2D eigenvalue weighted by Crippen LogP contribution is 2.37. The van der Waals surface area contributed by atoms with Crippen molar-refractivity contribution in [2.45, 2.75) is 0 Å². The standard InChI is InChI=1S/C34H23N/c1-2-13-27-23(9-1)10-8-18-28(27)24-11-7-12-25(21-24)35-26-19-20-33-31-16-4-3-14-29(31)30-15-5-6-17-32(30)34(33)22-26/h1-22,35H. The third kappa shape index (κ3) is 3.33. The minimum absolute atomic E-state index is 1.08.